The number of ketones is 1. The Hall–Kier alpha value is -2.05. The number of hydrogen-bond donors (Lipinski definition) is 1. The summed E-state index contributed by atoms with van der Waals surface area (Å²) in [5.41, 5.74) is 6.92. The van der Waals surface area contributed by atoms with Crippen LogP contribution in [-0.4, -0.2) is 41.1 Å². The third-order valence-electron chi connectivity index (χ3n) is 3.68. The first kappa shape index (κ1) is 15.3. The van der Waals surface area contributed by atoms with E-state index in [1.54, 1.807) is 12.3 Å². The van der Waals surface area contributed by atoms with Crippen molar-refractivity contribution in [1.82, 2.24) is 9.88 Å². The molecule has 0 spiro atoms. The minimum absolute atomic E-state index is 0.132. The number of likely N-dealkylation sites (tertiary alicyclic amines) is 1. The second-order valence-corrected chi connectivity index (χ2v) is 5.21. The van der Waals surface area contributed by atoms with E-state index in [0.717, 1.165) is 10.5 Å². The molecular weight excluding hydrogens is 280 g/mol. The number of anilines is 1. The third-order valence-corrected chi connectivity index (χ3v) is 3.68. The molecule has 114 valence electrons. The molecule has 0 saturated carbocycles. The van der Waals surface area contributed by atoms with Crippen LogP contribution >= 0.6 is 0 Å². The highest BCUT2D eigenvalue weighted by molar-refractivity contribution is 6.01. The quantitative estimate of drug-likeness (QED) is 0.861. The molecule has 2 rings (SSSR count). The van der Waals surface area contributed by atoms with Crippen LogP contribution in [0.2, 0.25) is 0 Å². The molecular formula is C14H17F2N3O2. The Bertz CT molecular complexity index is 555. The first-order valence-electron chi connectivity index (χ1n) is 6.73. The van der Waals surface area contributed by atoms with E-state index in [4.69, 9.17) is 5.73 Å². The average Bonchev–Trinajstić information content (AvgIpc) is 2.48. The predicted molar refractivity (Wildman–Crippen MR) is 73.0 cm³/mol. The van der Waals surface area contributed by atoms with Crippen LogP contribution in [0, 0.1) is 12.8 Å². The number of pyridine rings is 1. The maximum atomic E-state index is 12.4. The van der Waals surface area contributed by atoms with Gasteiger partial charge < -0.3 is 10.6 Å². The van der Waals surface area contributed by atoms with E-state index in [1.807, 2.05) is 6.92 Å². The van der Waals surface area contributed by atoms with Gasteiger partial charge in [-0.05, 0) is 31.4 Å². The summed E-state index contributed by atoms with van der Waals surface area (Å²) in [4.78, 5) is 28.7. The van der Waals surface area contributed by atoms with Gasteiger partial charge in [0, 0.05) is 25.2 Å². The highest BCUT2D eigenvalue weighted by Crippen LogP contribution is 2.24. The molecule has 1 aliphatic rings. The number of halogens is 2. The van der Waals surface area contributed by atoms with Crippen LogP contribution in [0.15, 0.2) is 12.3 Å². The minimum atomic E-state index is -2.99. The number of alkyl halides is 2. The standard InChI is InChI=1S/C14H17F2N3O2/c1-8-6-10(13(17)18-7-8)11(20)9-2-4-19(5-3-9)14(21)12(15)16/h6-7,9,12H,2-5H2,1H3,(H2,17,18). The molecule has 1 aliphatic heterocycles. The van der Waals surface area contributed by atoms with Crippen molar-refractivity contribution in [2.24, 2.45) is 5.92 Å². The Balaban J connectivity index is 2.03. The van der Waals surface area contributed by atoms with Crippen LogP contribution in [0.3, 0.4) is 0 Å². The second-order valence-electron chi connectivity index (χ2n) is 5.21. The molecule has 1 fully saturated rings. The van der Waals surface area contributed by atoms with Crippen LogP contribution in [0.4, 0.5) is 14.6 Å². The zero-order chi connectivity index (χ0) is 15.6. The van der Waals surface area contributed by atoms with Crippen LogP contribution in [0.5, 0.6) is 0 Å². The molecule has 0 aliphatic carbocycles. The lowest BCUT2D eigenvalue weighted by Crippen LogP contribution is -2.43. The number of rotatable bonds is 3. The number of hydrogen-bond acceptors (Lipinski definition) is 4. The third kappa shape index (κ3) is 3.34. The lowest BCUT2D eigenvalue weighted by Gasteiger charge is -2.31. The summed E-state index contributed by atoms with van der Waals surface area (Å²) in [7, 11) is 0. The van der Waals surface area contributed by atoms with Gasteiger partial charge in [-0.1, -0.05) is 0 Å². The average molecular weight is 297 g/mol. The smallest absolute Gasteiger partial charge is 0.315 e. The summed E-state index contributed by atoms with van der Waals surface area (Å²) in [6, 6.07) is 1.68. The highest BCUT2D eigenvalue weighted by Gasteiger charge is 2.31. The molecule has 21 heavy (non-hydrogen) atoms. The molecule has 1 aromatic rings. The predicted octanol–water partition coefficient (Wildman–Crippen LogP) is 1.66. The Morgan fingerprint density at radius 2 is 2.00 bits per heavy atom. The minimum Gasteiger partial charge on any atom is -0.383 e. The fourth-order valence-electron chi connectivity index (χ4n) is 2.50. The molecule has 7 heteroatoms. The van der Waals surface area contributed by atoms with Gasteiger partial charge in [0.15, 0.2) is 5.78 Å². The monoisotopic (exact) mass is 297 g/mol. The number of Topliss-reactive ketones (excluding diaryl/α,β-unsaturated/α-hetero) is 1. The maximum Gasteiger partial charge on any atom is 0.315 e. The summed E-state index contributed by atoms with van der Waals surface area (Å²) in [6.45, 7) is 2.14. The summed E-state index contributed by atoms with van der Waals surface area (Å²) >= 11 is 0. The van der Waals surface area contributed by atoms with Gasteiger partial charge in [-0.15, -0.1) is 0 Å². The van der Waals surface area contributed by atoms with Crippen LogP contribution in [0.25, 0.3) is 0 Å². The summed E-state index contributed by atoms with van der Waals surface area (Å²) < 4.78 is 24.7. The molecule has 5 nitrogen and oxygen atoms in total. The van der Waals surface area contributed by atoms with Gasteiger partial charge in [0.1, 0.15) is 5.82 Å². The van der Waals surface area contributed by atoms with Crippen LogP contribution in [-0.2, 0) is 4.79 Å². The number of nitrogens with two attached hydrogens (primary N) is 1. The number of nitrogens with zero attached hydrogens (tertiary/aromatic N) is 2. The Morgan fingerprint density at radius 1 is 1.38 bits per heavy atom. The van der Waals surface area contributed by atoms with E-state index >= 15 is 0 Å². The number of aryl methyl sites for hydroxylation is 1. The molecule has 0 bridgehead atoms. The van der Waals surface area contributed by atoms with E-state index in [0.29, 0.717) is 18.4 Å². The largest absolute Gasteiger partial charge is 0.383 e. The van der Waals surface area contributed by atoms with Gasteiger partial charge in [-0.2, -0.15) is 8.78 Å². The maximum absolute atomic E-state index is 12.4. The van der Waals surface area contributed by atoms with Gasteiger partial charge in [-0.25, -0.2) is 4.98 Å². The van der Waals surface area contributed by atoms with Crippen molar-refractivity contribution in [3.05, 3.63) is 23.4 Å². The molecule has 0 aromatic carbocycles. The fourth-order valence-corrected chi connectivity index (χ4v) is 2.50. The van der Waals surface area contributed by atoms with Crippen molar-refractivity contribution in [3.63, 3.8) is 0 Å². The van der Waals surface area contributed by atoms with Crippen molar-refractivity contribution in [1.29, 1.82) is 0 Å². The number of piperidine rings is 1. The number of nitrogen functional groups attached to an aromatic ring is 1. The molecule has 1 aromatic heterocycles. The second kappa shape index (κ2) is 6.15. The molecule has 2 heterocycles. The van der Waals surface area contributed by atoms with E-state index in [1.165, 1.54) is 0 Å². The summed E-state index contributed by atoms with van der Waals surface area (Å²) in [5, 5.41) is 0. The van der Waals surface area contributed by atoms with Gasteiger partial charge in [-0.3, -0.25) is 9.59 Å². The van der Waals surface area contributed by atoms with Crippen molar-refractivity contribution in [2.45, 2.75) is 26.2 Å². The Labute approximate surface area is 121 Å². The number of carbonyl (C=O) groups excluding carboxylic acids is 2. The summed E-state index contributed by atoms with van der Waals surface area (Å²) in [5.74, 6) is -1.43. The Kier molecular flexibility index (Phi) is 4.50. The zero-order valence-corrected chi connectivity index (χ0v) is 11.7. The van der Waals surface area contributed by atoms with Crippen LogP contribution < -0.4 is 5.73 Å². The van der Waals surface area contributed by atoms with E-state index in [-0.39, 0.29) is 30.6 Å². The summed E-state index contributed by atoms with van der Waals surface area (Å²) in [6.07, 6.45) is -0.681. The van der Waals surface area contributed by atoms with Gasteiger partial charge in [0.05, 0.1) is 5.56 Å². The number of carbonyl (C=O) groups is 2. The Morgan fingerprint density at radius 3 is 2.57 bits per heavy atom. The molecule has 0 radical (unpaired) electrons. The fraction of sp³-hybridized carbons (Fsp3) is 0.500. The zero-order valence-electron chi connectivity index (χ0n) is 11.7. The van der Waals surface area contributed by atoms with Crippen molar-refractivity contribution >= 4 is 17.5 Å². The van der Waals surface area contributed by atoms with Gasteiger partial charge in [0.2, 0.25) is 0 Å². The van der Waals surface area contributed by atoms with Gasteiger partial charge >= 0.3 is 6.43 Å². The number of aromatic nitrogens is 1. The number of amides is 1. The molecule has 2 N–H and O–H groups in total. The first-order chi connectivity index (χ1) is 9.90. The van der Waals surface area contributed by atoms with Crippen LogP contribution in [0.1, 0.15) is 28.8 Å². The van der Waals surface area contributed by atoms with E-state index < -0.39 is 12.3 Å². The van der Waals surface area contributed by atoms with E-state index in [9.17, 15) is 18.4 Å². The highest BCUT2D eigenvalue weighted by atomic mass is 19.3. The van der Waals surface area contributed by atoms with Crippen molar-refractivity contribution in [3.8, 4) is 0 Å². The molecule has 0 unspecified atom stereocenters. The topological polar surface area (TPSA) is 76.3 Å². The lowest BCUT2D eigenvalue weighted by molar-refractivity contribution is -0.144. The normalized spacial score (nSPS) is 16.3. The first-order valence-corrected chi connectivity index (χ1v) is 6.73. The van der Waals surface area contributed by atoms with E-state index in [2.05, 4.69) is 4.98 Å². The van der Waals surface area contributed by atoms with Crippen molar-refractivity contribution < 1.29 is 18.4 Å². The molecule has 0 atom stereocenters. The lowest BCUT2D eigenvalue weighted by atomic mass is 9.88. The SMILES string of the molecule is Cc1cnc(N)c(C(=O)C2CCN(C(=O)C(F)F)CC2)c1. The molecule has 1 saturated heterocycles. The van der Waals surface area contributed by atoms with Gasteiger partial charge in [0.25, 0.3) is 5.91 Å². The van der Waals surface area contributed by atoms with Crippen molar-refractivity contribution in [2.75, 3.05) is 18.8 Å². The molecule has 1 amide bonds.